The summed E-state index contributed by atoms with van der Waals surface area (Å²) in [7, 11) is 0. The Kier molecular flexibility index (Phi) is 4.00. The molecule has 0 saturated carbocycles. The maximum atomic E-state index is 6.34. The van der Waals surface area contributed by atoms with Gasteiger partial charge in [-0.1, -0.05) is 22.0 Å². The van der Waals surface area contributed by atoms with Crippen LogP contribution in [0.5, 0.6) is 5.75 Å². The van der Waals surface area contributed by atoms with Crippen LogP contribution in [0.3, 0.4) is 0 Å². The number of rotatable bonds is 2. The quantitative estimate of drug-likeness (QED) is 0.401. The molecule has 3 nitrogen and oxygen atoms in total. The van der Waals surface area contributed by atoms with Gasteiger partial charge in [0.05, 0.1) is 25.3 Å². The highest BCUT2D eigenvalue weighted by atomic mass is 79.9. The number of hydrogen-bond donors (Lipinski definition) is 0. The summed E-state index contributed by atoms with van der Waals surface area (Å²) >= 11 is 10.6. The van der Waals surface area contributed by atoms with E-state index in [-0.39, 0.29) is 12.3 Å². The van der Waals surface area contributed by atoms with E-state index in [0.717, 1.165) is 26.1 Å². The molecule has 7 heteroatoms. The molecule has 1 aromatic carbocycles. The normalized spacial score (nSPS) is 21.5. The lowest BCUT2D eigenvalue weighted by molar-refractivity contribution is -0.0166. The average molecular weight is 496 g/mol. The largest absolute Gasteiger partial charge is 0.464 e. The second kappa shape index (κ2) is 6.23. The summed E-state index contributed by atoms with van der Waals surface area (Å²) in [5, 5.41) is 9.18. The highest BCUT2D eigenvalue weighted by Gasteiger charge is 2.41. The standard InChI is InChI=1S/C18H12Br2N2OS2/c19-10-3-4-14-11(8-10)13-9-12(15-5-6-17(20)25-15)21-22(13)18(23-14)16-2-1-7-24-16/h1-8,13,18H,9H2/t13-,18-/m1/s1. The Morgan fingerprint density at radius 1 is 1.16 bits per heavy atom. The first-order valence-electron chi connectivity index (χ1n) is 7.80. The fourth-order valence-corrected chi connectivity index (χ4v) is 5.80. The summed E-state index contributed by atoms with van der Waals surface area (Å²) in [4.78, 5) is 2.39. The number of ether oxygens (including phenoxy) is 1. The Balaban J connectivity index is 1.61. The van der Waals surface area contributed by atoms with Crippen LogP contribution in [0.1, 0.15) is 34.0 Å². The van der Waals surface area contributed by atoms with Gasteiger partial charge in [-0.25, -0.2) is 5.01 Å². The minimum Gasteiger partial charge on any atom is -0.464 e. The molecule has 3 aromatic rings. The second-order valence-corrected chi connectivity index (χ2v) is 10.3. The van der Waals surface area contributed by atoms with Gasteiger partial charge in [0.15, 0.2) is 0 Å². The van der Waals surface area contributed by atoms with Crippen molar-refractivity contribution >= 4 is 60.2 Å². The van der Waals surface area contributed by atoms with E-state index < -0.39 is 0 Å². The molecule has 0 spiro atoms. The van der Waals surface area contributed by atoms with Gasteiger partial charge in [0.2, 0.25) is 6.23 Å². The number of hydrogen-bond acceptors (Lipinski definition) is 5. The first-order valence-corrected chi connectivity index (χ1v) is 11.1. The Morgan fingerprint density at radius 3 is 2.84 bits per heavy atom. The molecule has 2 aliphatic heterocycles. The number of hydrazone groups is 1. The third kappa shape index (κ3) is 2.77. The smallest absolute Gasteiger partial charge is 0.222 e. The van der Waals surface area contributed by atoms with Crippen molar-refractivity contribution in [2.75, 3.05) is 0 Å². The molecule has 0 saturated heterocycles. The van der Waals surface area contributed by atoms with Crippen molar-refractivity contribution in [3.05, 3.63) is 71.4 Å². The number of benzene rings is 1. The summed E-state index contributed by atoms with van der Waals surface area (Å²) in [6.45, 7) is 0. The summed E-state index contributed by atoms with van der Waals surface area (Å²) in [6, 6.07) is 14.8. The molecular weight excluding hydrogens is 484 g/mol. The topological polar surface area (TPSA) is 24.8 Å². The number of nitrogens with zero attached hydrogens (tertiary/aromatic N) is 2. The summed E-state index contributed by atoms with van der Waals surface area (Å²) < 4.78 is 8.53. The van der Waals surface area contributed by atoms with E-state index in [4.69, 9.17) is 9.84 Å². The van der Waals surface area contributed by atoms with Crippen LogP contribution in [0.25, 0.3) is 0 Å². The van der Waals surface area contributed by atoms with E-state index in [1.165, 1.54) is 15.3 Å². The summed E-state index contributed by atoms with van der Waals surface area (Å²) in [6.07, 6.45) is 0.723. The molecular formula is C18H12Br2N2OS2. The van der Waals surface area contributed by atoms with Gasteiger partial charge in [0.1, 0.15) is 5.75 Å². The minimum atomic E-state index is -0.167. The van der Waals surface area contributed by atoms with Gasteiger partial charge in [-0.15, -0.1) is 22.7 Å². The Bertz CT molecular complexity index is 967. The summed E-state index contributed by atoms with van der Waals surface area (Å²) in [5.74, 6) is 0.951. The van der Waals surface area contributed by atoms with Crippen molar-refractivity contribution < 1.29 is 4.74 Å². The van der Waals surface area contributed by atoms with Gasteiger partial charge in [-0.05, 0) is 57.7 Å². The zero-order chi connectivity index (χ0) is 17.0. The van der Waals surface area contributed by atoms with Crippen molar-refractivity contribution in [2.45, 2.75) is 18.7 Å². The highest BCUT2D eigenvalue weighted by molar-refractivity contribution is 9.11. The van der Waals surface area contributed by atoms with Crippen LogP contribution >= 0.6 is 54.5 Å². The first-order chi connectivity index (χ1) is 12.2. The van der Waals surface area contributed by atoms with Gasteiger partial charge in [-0.2, -0.15) is 5.10 Å². The fraction of sp³-hybridized carbons (Fsp3) is 0.167. The SMILES string of the molecule is Brc1ccc2c(c1)[C@H]1CC(c3ccc(Br)s3)=NN1[C@@H](c1cccs1)O2. The Morgan fingerprint density at radius 2 is 2.08 bits per heavy atom. The van der Waals surface area contributed by atoms with Crippen molar-refractivity contribution in [3.63, 3.8) is 0 Å². The Hall–Kier alpha value is -1.15. The molecule has 0 amide bonds. The fourth-order valence-electron chi connectivity index (χ4n) is 3.30. The van der Waals surface area contributed by atoms with Crippen LogP contribution in [-0.4, -0.2) is 10.7 Å². The van der Waals surface area contributed by atoms with Gasteiger partial charge in [-0.3, -0.25) is 0 Å². The molecule has 4 heterocycles. The maximum absolute atomic E-state index is 6.34. The predicted molar refractivity (Wildman–Crippen MR) is 110 cm³/mol. The molecule has 0 bridgehead atoms. The molecule has 25 heavy (non-hydrogen) atoms. The van der Waals surface area contributed by atoms with Crippen LogP contribution in [0.4, 0.5) is 0 Å². The van der Waals surface area contributed by atoms with Crippen LogP contribution in [0, 0.1) is 0 Å². The molecule has 0 N–H and O–H groups in total. The average Bonchev–Trinajstić information content (AvgIpc) is 3.34. The molecule has 2 atom stereocenters. The number of fused-ring (bicyclic) bond motifs is 3. The lowest BCUT2D eigenvalue weighted by atomic mass is 9.98. The zero-order valence-electron chi connectivity index (χ0n) is 12.9. The zero-order valence-corrected chi connectivity index (χ0v) is 17.7. The van der Waals surface area contributed by atoms with E-state index in [0.29, 0.717) is 0 Å². The molecule has 0 aliphatic carbocycles. The summed E-state index contributed by atoms with van der Waals surface area (Å²) in [5.41, 5.74) is 2.32. The second-order valence-electron chi connectivity index (χ2n) is 5.92. The van der Waals surface area contributed by atoms with E-state index in [9.17, 15) is 0 Å². The maximum Gasteiger partial charge on any atom is 0.222 e. The van der Waals surface area contributed by atoms with Crippen LogP contribution < -0.4 is 4.74 Å². The monoisotopic (exact) mass is 494 g/mol. The minimum absolute atomic E-state index is 0.167. The predicted octanol–water partition coefficient (Wildman–Crippen LogP) is 6.58. The molecule has 2 aromatic heterocycles. The van der Waals surface area contributed by atoms with Crippen molar-refractivity contribution in [1.29, 1.82) is 0 Å². The van der Waals surface area contributed by atoms with Gasteiger partial charge in [0.25, 0.3) is 0 Å². The van der Waals surface area contributed by atoms with Gasteiger partial charge >= 0.3 is 0 Å². The Labute approximate surface area is 170 Å². The van der Waals surface area contributed by atoms with Crippen molar-refractivity contribution in [2.24, 2.45) is 5.10 Å². The van der Waals surface area contributed by atoms with Crippen molar-refractivity contribution in [3.8, 4) is 5.75 Å². The molecule has 0 radical (unpaired) electrons. The third-order valence-electron chi connectivity index (χ3n) is 4.40. The lowest BCUT2D eigenvalue weighted by Gasteiger charge is -2.37. The van der Waals surface area contributed by atoms with Crippen LogP contribution in [0.15, 0.2) is 61.2 Å². The molecule has 5 rings (SSSR count). The molecule has 0 unspecified atom stereocenters. The van der Waals surface area contributed by atoms with Crippen LogP contribution in [-0.2, 0) is 0 Å². The number of thiophene rings is 2. The lowest BCUT2D eigenvalue weighted by Crippen LogP contribution is -2.33. The van der Waals surface area contributed by atoms with E-state index in [1.54, 1.807) is 22.7 Å². The number of halogens is 2. The van der Waals surface area contributed by atoms with E-state index in [2.05, 4.69) is 78.6 Å². The van der Waals surface area contributed by atoms with Gasteiger partial charge in [0, 0.05) is 16.5 Å². The van der Waals surface area contributed by atoms with Gasteiger partial charge < -0.3 is 4.74 Å². The first kappa shape index (κ1) is 16.1. The molecule has 0 fully saturated rings. The van der Waals surface area contributed by atoms with E-state index >= 15 is 0 Å². The molecule has 2 aliphatic rings. The van der Waals surface area contributed by atoms with Crippen LogP contribution in [0.2, 0.25) is 0 Å². The van der Waals surface area contributed by atoms with E-state index in [1.807, 2.05) is 6.07 Å². The third-order valence-corrected chi connectivity index (χ3v) is 7.47. The van der Waals surface area contributed by atoms with Crippen molar-refractivity contribution in [1.82, 2.24) is 5.01 Å². The molecule has 126 valence electrons. The highest BCUT2D eigenvalue weighted by Crippen LogP contribution is 2.49.